The van der Waals surface area contributed by atoms with E-state index in [1.807, 2.05) is 32.4 Å². The van der Waals surface area contributed by atoms with Gasteiger partial charge in [0.15, 0.2) is 0 Å². The van der Waals surface area contributed by atoms with E-state index in [-0.39, 0.29) is 0 Å². The minimum Gasteiger partial charge on any atom is -0.385 e. The van der Waals surface area contributed by atoms with Gasteiger partial charge in [0.25, 0.3) is 0 Å². The number of fused-ring (bicyclic) bond motifs is 3. The van der Waals surface area contributed by atoms with E-state index in [2.05, 4.69) is 47.4 Å². The van der Waals surface area contributed by atoms with Crippen molar-refractivity contribution >= 4 is 31.5 Å². The average molecular weight is 299 g/mol. The lowest BCUT2D eigenvalue weighted by atomic mass is 9.91. The number of thiophene rings is 1. The van der Waals surface area contributed by atoms with Gasteiger partial charge in [-0.2, -0.15) is 0 Å². The van der Waals surface area contributed by atoms with Crippen LogP contribution in [0, 0.1) is 0 Å². The summed E-state index contributed by atoms with van der Waals surface area (Å²) in [5.74, 6) is 0. The van der Waals surface area contributed by atoms with Crippen LogP contribution in [0.15, 0.2) is 42.5 Å². The Kier molecular flexibility index (Phi) is 3.74. The molecule has 0 fully saturated rings. The maximum absolute atomic E-state index is 10.8. The van der Waals surface area contributed by atoms with Crippen LogP contribution in [0.2, 0.25) is 0 Å². The Morgan fingerprint density at radius 1 is 1.05 bits per heavy atom. The Bertz CT molecular complexity index is 773. The minimum atomic E-state index is -0.790. The van der Waals surface area contributed by atoms with Crippen molar-refractivity contribution in [2.45, 2.75) is 18.9 Å². The Morgan fingerprint density at radius 3 is 2.52 bits per heavy atom. The van der Waals surface area contributed by atoms with E-state index in [9.17, 15) is 5.11 Å². The van der Waals surface area contributed by atoms with Crippen molar-refractivity contribution in [3.8, 4) is 0 Å². The van der Waals surface area contributed by atoms with Crippen LogP contribution in [0.5, 0.6) is 0 Å². The Balaban J connectivity index is 2.05. The lowest BCUT2D eigenvalue weighted by molar-refractivity contribution is 0.0407. The number of aliphatic hydroxyl groups is 1. The summed E-state index contributed by atoms with van der Waals surface area (Å²) in [6, 6.07) is 14.8. The molecule has 0 aliphatic heterocycles. The van der Waals surface area contributed by atoms with Gasteiger partial charge >= 0.3 is 0 Å². The van der Waals surface area contributed by atoms with E-state index < -0.39 is 5.60 Å². The fourth-order valence-electron chi connectivity index (χ4n) is 2.65. The highest BCUT2D eigenvalue weighted by atomic mass is 32.1. The normalized spacial score (nSPS) is 14.9. The summed E-state index contributed by atoms with van der Waals surface area (Å²) in [6.45, 7) is 2.78. The van der Waals surface area contributed by atoms with Crippen LogP contribution in [0.1, 0.15) is 18.9 Å². The first-order valence-electron chi connectivity index (χ1n) is 7.26. The average Bonchev–Trinajstić information content (AvgIpc) is 2.83. The quantitative estimate of drug-likeness (QED) is 0.780. The molecule has 3 rings (SSSR count). The highest BCUT2D eigenvalue weighted by molar-refractivity contribution is 7.25. The molecule has 2 aromatic carbocycles. The second-order valence-electron chi connectivity index (χ2n) is 6.14. The maximum Gasteiger partial charge on any atom is 0.0880 e. The number of nitrogens with zero attached hydrogens (tertiary/aromatic N) is 1. The van der Waals surface area contributed by atoms with Crippen LogP contribution in [0.4, 0.5) is 0 Å². The molecular weight excluding hydrogens is 278 g/mol. The second kappa shape index (κ2) is 5.41. The van der Waals surface area contributed by atoms with E-state index in [0.29, 0.717) is 0 Å². The van der Waals surface area contributed by atoms with Gasteiger partial charge in [0.1, 0.15) is 0 Å². The molecule has 1 unspecified atom stereocenters. The molecule has 0 radical (unpaired) electrons. The molecule has 0 aliphatic rings. The van der Waals surface area contributed by atoms with Crippen LogP contribution < -0.4 is 0 Å². The van der Waals surface area contributed by atoms with Gasteiger partial charge in [0.05, 0.1) is 5.60 Å². The van der Waals surface area contributed by atoms with E-state index in [4.69, 9.17) is 0 Å². The zero-order chi connectivity index (χ0) is 15.0. The van der Waals surface area contributed by atoms with Gasteiger partial charge in [-0.05, 0) is 51.2 Å². The summed E-state index contributed by atoms with van der Waals surface area (Å²) in [5, 5.41) is 13.3. The standard InChI is InChI=1S/C18H21NOS/c1-18(20,10-11-19(2)3)13-8-9-17-15(12-13)14-6-4-5-7-16(14)21-17/h4-9,12,20H,10-11H2,1-3H3. The van der Waals surface area contributed by atoms with Crippen molar-refractivity contribution in [3.63, 3.8) is 0 Å². The Labute approximate surface area is 129 Å². The molecule has 0 bridgehead atoms. The second-order valence-corrected chi connectivity index (χ2v) is 7.22. The number of rotatable bonds is 4. The largest absolute Gasteiger partial charge is 0.385 e. The van der Waals surface area contributed by atoms with Crippen LogP contribution >= 0.6 is 11.3 Å². The summed E-state index contributed by atoms with van der Waals surface area (Å²) in [4.78, 5) is 2.10. The third-order valence-corrected chi connectivity index (χ3v) is 5.20. The molecule has 0 amide bonds. The van der Waals surface area contributed by atoms with Gasteiger partial charge in [-0.25, -0.2) is 0 Å². The van der Waals surface area contributed by atoms with Gasteiger partial charge in [-0.1, -0.05) is 24.3 Å². The first-order valence-corrected chi connectivity index (χ1v) is 8.08. The van der Waals surface area contributed by atoms with Gasteiger partial charge in [0, 0.05) is 26.7 Å². The van der Waals surface area contributed by atoms with Crippen LogP contribution in [0.25, 0.3) is 20.2 Å². The molecular formula is C18H21NOS. The Hall–Kier alpha value is -1.42. The van der Waals surface area contributed by atoms with Crippen LogP contribution in [-0.4, -0.2) is 30.6 Å². The summed E-state index contributed by atoms with van der Waals surface area (Å²) >= 11 is 1.81. The fourth-order valence-corrected chi connectivity index (χ4v) is 3.73. The monoisotopic (exact) mass is 299 g/mol. The highest BCUT2D eigenvalue weighted by Gasteiger charge is 2.23. The van der Waals surface area contributed by atoms with Gasteiger partial charge in [-0.3, -0.25) is 0 Å². The summed E-state index contributed by atoms with van der Waals surface area (Å²) in [5.41, 5.74) is 0.210. The van der Waals surface area contributed by atoms with E-state index in [1.165, 1.54) is 20.2 Å². The van der Waals surface area contributed by atoms with Crippen LogP contribution in [-0.2, 0) is 5.60 Å². The van der Waals surface area contributed by atoms with E-state index >= 15 is 0 Å². The lowest BCUT2D eigenvalue weighted by Crippen LogP contribution is -2.27. The SMILES string of the molecule is CN(C)CCC(C)(O)c1ccc2sc3ccccc3c2c1. The topological polar surface area (TPSA) is 23.5 Å². The Morgan fingerprint density at radius 2 is 1.76 bits per heavy atom. The molecule has 1 atom stereocenters. The molecule has 0 saturated heterocycles. The van der Waals surface area contributed by atoms with E-state index in [1.54, 1.807) is 0 Å². The fraction of sp³-hybridized carbons (Fsp3) is 0.333. The van der Waals surface area contributed by atoms with Crippen molar-refractivity contribution in [2.24, 2.45) is 0 Å². The molecule has 110 valence electrons. The highest BCUT2D eigenvalue weighted by Crippen LogP contribution is 2.36. The van der Waals surface area contributed by atoms with Crippen LogP contribution in [0.3, 0.4) is 0 Å². The summed E-state index contributed by atoms with van der Waals surface area (Å²) in [6.07, 6.45) is 0.730. The minimum absolute atomic E-state index is 0.730. The van der Waals surface area contributed by atoms with Crippen molar-refractivity contribution in [1.82, 2.24) is 4.90 Å². The molecule has 0 spiro atoms. The first-order chi connectivity index (χ1) is 9.97. The predicted molar refractivity (Wildman–Crippen MR) is 92.1 cm³/mol. The van der Waals surface area contributed by atoms with Gasteiger partial charge in [-0.15, -0.1) is 11.3 Å². The predicted octanol–water partition coefficient (Wildman–Crippen LogP) is 4.21. The molecule has 2 nitrogen and oxygen atoms in total. The molecule has 1 N–H and O–H groups in total. The van der Waals surface area contributed by atoms with E-state index in [0.717, 1.165) is 18.5 Å². The van der Waals surface area contributed by atoms with Crippen molar-refractivity contribution in [3.05, 3.63) is 48.0 Å². The lowest BCUT2D eigenvalue weighted by Gasteiger charge is -2.25. The number of benzene rings is 2. The zero-order valence-electron chi connectivity index (χ0n) is 12.8. The molecule has 21 heavy (non-hydrogen) atoms. The number of hydrogen-bond donors (Lipinski definition) is 1. The third kappa shape index (κ3) is 2.82. The molecule has 1 aromatic heterocycles. The molecule has 1 heterocycles. The molecule has 3 aromatic rings. The summed E-state index contributed by atoms with van der Waals surface area (Å²) in [7, 11) is 4.07. The van der Waals surface area contributed by atoms with Gasteiger partial charge < -0.3 is 10.0 Å². The van der Waals surface area contributed by atoms with Gasteiger partial charge in [0.2, 0.25) is 0 Å². The van der Waals surface area contributed by atoms with Crippen molar-refractivity contribution in [1.29, 1.82) is 0 Å². The first kappa shape index (κ1) is 14.5. The zero-order valence-corrected chi connectivity index (χ0v) is 13.6. The maximum atomic E-state index is 10.8. The van der Waals surface area contributed by atoms with Crippen molar-refractivity contribution in [2.75, 3.05) is 20.6 Å². The molecule has 0 saturated carbocycles. The molecule has 3 heteroatoms. The summed E-state index contributed by atoms with van der Waals surface area (Å²) < 4.78 is 2.58. The smallest absolute Gasteiger partial charge is 0.0880 e. The third-order valence-electron chi connectivity index (χ3n) is 4.04. The molecule has 0 aliphatic carbocycles. The van der Waals surface area contributed by atoms with Crippen molar-refractivity contribution < 1.29 is 5.11 Å². The number of hydrogen-bond acceptors (Lipinski definition) is 3.